The molecular weight excluding hydrogens is 186 g/mol. The van der Waals surface area contributed by atoms with Crippen LogP contribution in [0.5, 0.6) is 5.88 Å². The number of nitrogens with zero attached hydrogens (tertiary/aromatic N) is 1. The summed E-state index contributed by atoms with van der Waals surface area (Å²) in [5.74, 6) is 0.742. The van der Waals surface area contributed by atoms with Gasteiger partial charge in [-0.15, -0.1) is 0 Å². The van der Waals surface area contributed by atoms with Crippen molar-refractivity contribution in [1.29, 1.82) is 0 Å². The minimum atomic E-state index is 0.742. The summed E-state index contributed by atoms with van der Waals surface area (Å²) in [6.07, 6.45) is 9.54. The summed E-state index contributed by atoms with van der Waals surface area (Å²) < 4.78 is 5.50. The zero-order valence-corrected chi connectivity index (χ0v) is 9.61. The smallest absolute Gasteiger partial charge is 0.213 e. The number of pyridine rings is 1. The number of hydrogen-bond acceptors (Lipinski definition) is 2. The average Bonchev–Trinajstić information content (AvgIpc) is 2.29. The molecule has 2 nitrogen and oxygen atoms in total. The number of hydrogen-bond donors (Lipinski definition) is 0. The van der Waals surface area contributed by atoms with Gasteiger partial charge in [0.25, 0.3) is 0 Å². The second-order valence-electron chi connectivity index (χ2n) is 3.78. The first-order valence-corrected chi connectivity index (χ1v) is 5.97. The molecule has 0 amide bonds. The molecule has 1 heterocycles. The van der Waals surface area contributed by atoms with Crippen molar-refractivity contribution in [3.63, 3.8) is 0 Å². The lowest BCUT2D eigenvalue weighted by atomic mass is 10.1. The van der Waals surface area contributed by atoms with Gasteiger partial charge in [-0.2, -0.15) is 0 Å². The molecule has 1 aromatic heterocycles. The third-order valence-corrected chi connectivity index (χ3v) is 2.39. The van der Waals surface area contributed by atoms with Gasteiger partial charge in [0.15, 0.2) is 0 Å². The normalized spacial score (nSPS) is 10.2. The summed E-state index contributed by atoms with van der Waals surface area (Å²) in [5.41, 5.74) is 0. The molecule has 0 atom stereocenters. The second kappa shape index (κ2) is 8.27. The molecule has 1 aromatic rings. The van der Waals surface area contributed by atoms with Gasteiger partial charge in [-0.05, 0) is 12.5 Å². The van der Waals surface area contributed by atoms with Gasteiger partial charge >= 0.3 is 0 Å². The van der Waals surface area contributed by atoms with Crippen molar-refractivity contribution in [2.24, 2.45) is 0 Å². The van der Waals surface area contributed by atoms with Gasteiger partial charge in [-0.25, -0.2) is 4.98 Å². The van der Waals surface area contributed by atoms with Gasteiger partial charge in [0.1, 0.15) is 0 Å². The topological polar surface area (TPSA) is 22.1 Å². The van der Waals surface area contributed by atoms with Gasteiger partial charge in [-0.1, -0.05) is 45.1 Å². The molecule has 0 saturated heterocycles. The zero-order chi connectivity index (χ0) is 10.8. The minimum Gasteiger partial charge on any atom is -0.478 e. The predicted octanol–water partition coefficient (Wildman–Crippen LogP) is 3.82. The lowest BCUT2D eigenvalue weighted by Gasteiger charge is -2.04. The van der Waals surface area contributed by atoms with E-state index in [2.05, 4.69) is 11.9 Å². The van der Waals surface area contributed by atoms with Crippen LogP contribution in [-0.4, -0.2) is 11.6 Å². The lowest BCUT2D eigenvalue weighted by molar-refractivity contribution is 0.293. The van der Waals surface area contributed by atoms with Crippen molar-refractivity contribution in [3.05, 3.63) is 24.4 Å². The van der Waals surface area contributed by atoms with Crippen LogP contribution in [0.1, 0.15) is 45.4 Å². The van der Waals surface area contributed by atoms with Crippen LogP contribution < -0.4 is 4.74 Å². The molecule has 0 aromatic carbocycles. The third-order valence-electron chi connectivity index (χ3n) is 2.39. The van der Waals surface area contributed by atoms with Crippen LogP contribution in [0.25, 0.3) is 0 Å². The van der Waals surface area contributed by atoms with Gasteiger partial charge < -0.3 is 4.74 Å². The molecule has 0 spiro atoms. The highest BCUT2D eigenvalue weighted by Gasteiger charge is 1.93. The minimum absolute atomic E-state index is 0.742. The fourth-order valence-electron chi connectivity index (χ4n) is 1.49. The SMILES string of the molecule is CCCCCCCCOc1ccccn1. The molecule has 0 aliphatic heterocycles. The number of aromatic nitrogens is 1. The van der Waals surface area contributed by atoms with Gasteiger partial charge in [-0.3, -0.25) is 0 Å². The van der Waals surface area contributed by atoms with Crippen LogP contribution in [0.4, 0.5) is 0 Å². The van der Waals surface area contributed by atoms with E-state index >= 15 is 0 Å². The number of rotatable bonds is 8. The Balaban J connectivity index is 1.93. The quantitative estimate of drug-likeness (QED) is 0.604. The van der Waals surface area contributed by atoms with Crippen LogP contribution in [0.2, 0.25) is 0 Å². The molecule has 0 saturated carbocycles. The first-order valence-electron chi connectivity index (χ1n) is 5.97. The van der Waals surface area contributed by atoms with E-state index in [1.165, 1.54) is 32.1 Å². The first kappa shape index (κ1) is 12.0. The maximum absolute atomic E-state index is 5.50. The predicted molar refractivity (Wildman–Crippen MR) is 63.1 cm³/mol. The van der Waals surface area contributed by atoms with Crippen LogP contribution in [-0.2, 0) is 0 Å². The largest absolute Gasteiger partial charge is 0.478 e. The molecule has 15 heavy (non-hydrogen) atoms. The van der Waals surface area contributed by atoms with Crippen LogP contribution >= 0.6 is 0 Å². The van der Waals surface area contributed by atoms with Gasteiger partial charge in [0.2, 0.25) is 5.88 Å². The maximum Gasteiger partial charge on any atom is 0.213 e. The van der Waals surface area contributed by atoms with Gasteiger partial charge in [0, 0.05) is 12.3 Å². The fourth-order valence-corrected chi connectivity index (χ4v) is 1.49. The van der Waals surface area contributed by atoms with Crippen molar-refractivity contribution in [2.45, 2.75) is 45.4 Å². The second-order valence-corrected chi connectivity index (χ2v) is 3.78. The molecule has 0 N–H and O–H groups in total. The molecule has 0 radical (unpaired) electrons. The molecule has 2 heteroatoms. The number of ether oxygens (including phenoxy) is 1. The van der Waals surface area contributed by atoms with Gasteiger partial charge in [0.05, 0.1) is 6.61 Å². The Hall–Kier alpha value is -1.05. The molecular formula is C13H21NO. The molecule has 0 fully saturated rings. The van der Waals surface area contributed by atoms with Crippen LogP contribution in [0.15, 0.2) is 24.4 Å². The molecule has 1 rings (SSSR count). The molecule has 0 aliphatic carbocycles. The highest BCUT2D eigenvalue weighted by Crippen LogP contribution is 2.07. The Bertz CT molecular complexity index is 236. The Kier molecular flexibility index (Phi) is 6.63. The van der Waals surface area contributed by atoms with E-state index in [4.69, 9.17) is 4.74 Å². The summed E-state index contributed by atoms with van der Waals surface area (Å²) >= 11 is 0. The highest BCUT2D eigenvalue weighted by atomic mass is 16.5. The standard InChI is InChI=1S/C13H21NO/c1-2-3-4-5-6-9-12-15-13-10-7-8-11-14-13/h7-8,10-11H,2-6,9,12H2,1H3. The van der Waals surface area contributed by atoms with E-state index in [0.29, 0.717) is 0 Å². The first-order chi connectivity index (χ1) is 7.43. The van der Waals surface area contributed by atoms with E-state index in [0.717, 1.165) is 18.9 Å². The van der Waals surface area contributed by atoms with Crippen LogP contribution in [0.3, 0.4) is 0 Å². The lowest BCUT2D eigenvalue weighted by Crippen LogP contribution is -1.98. The summed E-state index contributed by atoms with van der Waals surface area (Å²) in [4.78, 5) is 4.10. The monoisotopic (exact) mass is 207 g/mol. The molecule has 0 bridgehead atoms. The Morgan fingerprint density at radius 2 is 1.87 bits per heavy atom. The van der Waals surface area contributed by atoms with E-state index in [1.807, 2.05) is 18.2 Å². The van der Waals surface area contributed by atoms with E-state index in [-0.39, 0.29) is 0 Å². The molecule has 84 valence electrons. The zero-order valence-electron chi connectivity index (χ0n) is 9.61. The highest BCUT2D eigenvalue weighted by molar-refractivity contribution is 5.08. The van der Waals surface area contributed by atoms with E-state index in [1.54, 1.807) is 6.20 Å². The van der Waals surface area contributed by atoms with Crippen molar-refractivity contribution in [1.82, 2.24) is 4.98 Å². The van der Waals surface area contributed by atoms with Crippen molar-refractivity contribution in [3.8, 4) is 5.88 Å². The van der Waals surface area contributed by atoms with Crippen molar-refractivity contribution >= 4 is 0 Å². The van der Waals surface area contributed by atoms with Crippen LogP contribution in [0, 0.1) is 0 Å². The van der Waals surface area contributed by atoms with Crippen molar-refractivity contribution < 1.29 is 4.74 Å². The summed E-state index contributed by atoms with van der Waals surface area (Å²) in [5, 5.41) is 0. The summed E-state index contributed by atoms with van der Waals surface area (Å²) in [6.45, 7) is 3.04. The van der Waals surface area contributed by atoms with E-state index < -0.39 is 0 Å². The summed E-state index contributed by atoms with van der Waals surface area (Å²) in [6, 6.07) is 5.75. The Morgan fingerprint density at radius 1 is 1.07 bits per heavy atom. The fraction of sp³-hybridized carbons (Fsp3) is 0.615. The average molecular weight is 207 g/mol. The summed E-state index contributed by atoms with van der Waals surface area (Å²) in [7, 11) is 0. The van der Waals surface area contributed by atoms with Crippen molar-refractivity contribution in [2.75, 3.05) is 6.61 Å². The number of unbranched alkanes of at least 4 members (excludes halogenated alkanes) is 5. The molecule has 0 unspecified atom stereocenters. The third kappa shape index (κ3) is 6.10. The van der Waals surface area contributed by atoms with E-state index in [9.17, 15) is 0 Å². The molecule has 0 aliphatic rings. The Labute approximate surface area is 92.7 Å². The maximum atomic E-state index is 5.50. The Morgan fingerprint density at radius 3 is 2.60 bits per heavy atom.